The van der Waals surface area contributed by atoms with Crippen molar-refractivity contribution in [3.05, 3.63) is 41.7 Å². The Morgan fingerprint density at radius 1 is 0.839 bits per heavy atom. The predicted octanol–water partition coefficient (Wildman–Crippen LogP) is 7.50. The maximum absolute atomic E-state index is 14.0. The van der Waals surface area contributed by atoms with Crippen molar-refractivity contribution >= 4 is 0 Å². The van der Waals surface area contributed by atoms with E-state index in [1.165, 1.54) is 64.2 Å². The lowest BCUT2D eigenvalue weighted by Crippen LogP contribution is -2.30. The number of allylic oxidation sites excluding steroid dienone is 1. The molecule has 0 amide bonds. The molecule has 3 heteroatoms. The average molecular weight is 429 g/mol. The first-order valence-electron chi connectivity index (χ1n) is 12.8. The maximum Gasteiger partial charge on any atom is 0.165 e. The van der Waals surface area contributed by atoms with Crippen LogP contribution in [-0.2, 0) is 4.74 Å². The summed E-state index contributed by atoms with van der Waals surface area (Å²) in [6.07, 6.45) is 18.1. The normalized spacial score (nSPS) is 33.9. The Morgan fingerprint density at radius 2 is 1.55 bits per heavy atom. The first-order valence-corrected chi connectivity index (χ1v) is 12.8. The Morgan fingerprint density at radius 3 is 2.19 bits per heavy atom. The summed E-state index contributed by atoms with van der Waals surface area (Å²) in [6.45, 7) is 5.79. The molecule has 0 radical (unpaired) electrons. The Labute approximate surface area is 188 Å². The fourth-order valence-electron chi connectivity index (χ4n) is 5.90. The molecule has 0 bridgehead atoms. The van der Waals surface area contributed by atoms with Gasteiger partial charge in [0.15, 0.2) is 11.6 Å². The third-order valence-corrected chi connectivity index (χ3v) is 8.09. The third-order valence-electron chi connectivity index (χ3n) is 8.09. The van der Waals surface area contributed by atoms with E-state index in [-0.39, 0.29) is 5.82 Å². The molecule has 2 fully saturated rings. The molecule has 0 spiro atoms. The third kappa shape index (κ3) is 6.57. The number of benzene rings is 1. The zero-order valence-corrected chi connectivity index (χ0v) is 19.5. The molecule has 0 aromatic heterocycles. The second kappa shape index (κ2) is 11.0. The fraction of sp³-hybridized carbons (Fsp3) is 0.714. The molecular weight excluding hydrogens is 387 g/mol. The molecule has 0 N–H and O–H groups in total. The van der Waals surface area contributed by atoms with Gasteiger partial charge in [0, 0.05) is 5.92 Å². The summed E-state index contributed by atoms with van der Waals surface area (Å²) < 4.78 is 26.1. The predicted molar refractivity (Wildman–Crippen MR) is 125 cm³/mol. The summed E-state index contributed by atoms with van der Waals surface area (Å²) in [7, 11) is 0. The van der Waals surface area contributed by atoms with Crippen LogP contribution >= 0.6 is 0 Å². The highest BCUT2D eigenvalue weighted by atomic mass is 19.1. The quantitative estimate of drug-likeness (QED) is 0.419. The summed E-state index contributed by atoms with van der Waals surface area (Å²) in [4.78, 5) is 0. The summed E-state index contributed by atoms with van der Waals surface area (Å²) >= 11 is 0. The van der Waals surface area contributed by atoms with Crippen molar-refractivity contribution in [2.75, 3.05) is 13.2 Å². The Balaban J connectivity index is 1.12. The minimum Gasteiger partial charge on any atom is -0.490 e. The molecule has 2 nitrogen and oxygen atoms in total. The molecular formula is C28H41FO2. The second-order valence-corrected chi connectivity index (χ2v) is 10.6. The van der Waals surface area contributed by atoms with Gasteiger partial charge in [0.25, 0.3) is 0 Å². The van der Waals surface area contributed by atoms with E-state index < -0.39 is 0 Å². The lowest BCUT2D eigenvalue weighted by molar-refractivity contribution is -0.00593. The molecule has 0 saturated heterocycles. The van der Waals surface area contributed by atoms with Crippen LogP contribution in [0.4, 0.5) is 4.39 Å². The summed E-state index contributed by atoms with van der Waals surface area (Å²) in [5.41, 5.74) is 0.936. The van der Waals surface area contributed by atoms with Crippen LogP contribution in [0.1, 0.15) is 76.7 Å². The number of ether oxygens (including phenoxy) is 2. The molecule has 3 aliphatic carbocycles. The molecule has 2 unspecified atom stereocenters. The molecule has 172 valence electrons. The van der Waals surface area contributed by atoms with Crippen LogP contribution in [0.25, 0.3) is 0 Å². The van der Waals surface area contributed by atoms with Crippen molar-refractivity contribution in [2.45, 2.75) is 84.2 Å². The molecule has 1 aromatic carbocycles. The van der Waals surface area contributed by atoms with Crippen LogP contribution in [0.3, 0.4) is 0 Å². The van der Waals surface area contributed by atoms with Gasteiger partial charge in [-0.15, -0.1) is 0 Å². The molecule has 0 aliphatic heterocycles. The van der Waals surface area contributed by atoms with Gasteiger partial charge in [0.05, 0.1) is 19.3 Å². The van der Waals surface area contributed by atoms with Crippen LogP contribution in [0.2, 0.25) is 0 Å². The summed E-state index contributed by atoms with van der Waals surface area (Å²) in [6, 6.07) is 5.24. The van der Waals surface area contributed by atoms with Crippen molar-refractivity contribution < 1.29 is 13.9 Å². The minimum absolute atomic E-state index is 0.235. The van der Waals surface area contributed by atoms with E-state index in [1.54, 1.807) is 12.1 Å². The van der Waals surface area contributed by atoms with Crippen LogP contribution in [0.5, 0.6) is 5.75 Å². The summed E-state index contributed by atoms with van der Waals surface area (Å²) in [5, 5.41) is 0. The lowest BCUT2D eigenvalue weighted by Gasteiger charge is -2.38. The van der Waals surface area contributed by atoms with Gasteiger partial charge < -0.3 is 9.47 Å². The fourth-order valence-corrected chi connectivity index (χ4v) is 5.90. The Hall–Kier alpha value is -1.35. The number of rotatable bonds is 7. The molecule has 4 rings (SSSR count). The highest BCUT2D eigenvalue weighted by Gasteiger charge is 2.31. The average Bonchev–Trinajstić information content (AvgIpc) is 2.79. The van der Waals surface area contributed by atoms with Crippen molar-refractivity contribution in [1.29, 1.82) is 0 Å². The Bertz CT molecular complexity index is 714. The first-order chi connectivity index (χ1) is 15.1. The van der Waals surface area contributed by atoms with Gasteiger partial charge in [0.1, 0.15) is 0 Å². The first kappa shape index (κ1) is 22.8. The van der Waals surface area contributed by atoms with Gasteiger partial charge >= 0.3 is 0 Å². The zero-order valence-electron chi connectivity index (χ0n) is 19.5. The molecule has 2 atom stereocenters. The molecule has 0 heterocycles. The number of aryl methyl sites for hydroxylation is 1. The maximum atomic E-state index is 14.0. The van der Waals surface area contributed by atoms with E-state index in [9.17, 15) is 4.39 Å². The molecule has 31 heavy (non-hydrogen) atoms. The smallest absolute Gasteiger partial charge is 0.165 e. The van der Waals surface area contributed by atoms with E-state index in [0.29, 0.717) is 30.3 Å². The zero-order chi connectivity index (χ0) is 21.6. The van der Waals surface area contributed by atoms with Gasteiger partial charge in [-0.05, 0) is 112 Å². The molecule has 2 saturated carbocycles. The Kier molecular flexibility index (Phi) is 8.09. The topological polar surface area (TPSA) is 18.5 Å². The van der Waals surface area contributed by atoms with E-state index in [1.807, 2.05) is 13.0 Å². The summed E-state index contributed by atoms with van der Waals surface area (Å²) in [5.74, 6) is 3.88. The van der Waals surface area contributed by atoms with E-state index in [2.05, 4.69) is 19.1 Å². The minimum atomic E-state index is -0.235. The highest BCUT2D eigenvalue weighted by Crippen LogP contribution is 2.41. The van der Waals surface area contributed by atoms with Crippen LogP contribution in [0, 0.1) is 42.3 Å². The second-order valence-electron chi connectivity index (χ2n) is 10.6. The van der Waals surface area contributed by atoms with Gasteiger partial charge in [-0.25, -0.2) is 4.39 Å². The lowest BCUT2D eigenvalue weighted by atomic mass is 9.70. The van der Waals surface area contributed by atoms with Crippen molar-refractivity contribution in [2.24, 2.45) is 29.6 Å². The van der Waals surface area contributed by atoms with E-state index >= 15 is 0 Å². The van der Waals surface area contributed by atoms with Crippen LogP contribution < -0.4 is 4.74 Å². The van der Waals surface area contributed by atoms with Gasteiger partial charge in [0.2, 0.25) is 0 Å². The number of hydrogen-bond acceptors (Lipinski definition) is 2. The van der Waals surface area contributed by atoms with Gasteiger partial charge in [-0.3, -0.25) is 0 Å². The largest absolute Gasteiger partial charge is 0.490 e. The van der Waals surface area contributed by atoms with E-state index in [0.717, 1.165) is 29.9 Å². The van der Waals surface area contributed by atoms with Crippen molar-refractivity contribution in [3.63, 3.8) is 0 Å². The van der Waals surface area contributed by atoms with Crippen molar-refractivity contribution in [1.82, 2.24) is 0 Å². The van der Waals surface area contributed by atoms with E-state index in [4.69, 9.17) is 9.47 Å². The van der Waals surface area contributed by atoms with Crippen LogP contribution in [0.15, 0.2) is 30.4 Å². The number of hydrogen-bond donors (Lipinski definition) is 0. The van der Waals surface area contributed by atoms with Crippen molar-refractivity contribution in [3.8, 4) is 5.75 Å². The molecule has 3 aliphatic rings. The van der Waals surface area contributed by atoms with Gasteiger partial charge in [-0.2, -0.15) is 0 Å². The SMILES string of the molecule is Cc1ccc(OCC2CCC(C3CCC(OCC4C=CC(C)CC4)CC3)CC2)c(F)c1. The van der Waals surface area contributed by atoms with Crippen LogP contribution in [-0.4, -0.2) is 19.3 Å². The molecule has 1 aromatic rings. The number of halogens is 1. The van der Waals surface area contributed by atoms with Gasteiger partial charge in [-0.1, -0.05) is 25.1 Å². The standard InChI is InChI=1S/C28H41FO2/c1-20-3-6-22(7-4-20)18-30-26-14-12-25(13-15-26)24-10-8-23(9-11-24)19-31-28-16-5-21(2)17-27(28)29/h3,5-6,16-17,20,22-26H,4,7-15,18-19H2,1-2H3. The monoisotopic (exact) mass is 428 g/mol. The highest BCUT2D eigenvalue weighted by molar-refractivity contribution is 5.28.